The Kier molecular flexibility index (Phi) is 8.51. The van der Waals surface area contributed by atoms with Crippen molar-refractivity contribution in [1.82, 2.24) is 19.9 Å². The number of imide groups is 1. The van der Waals surface area contributed by atoms with Gasteiger partial charge < -0.3 is 19.1 Å². The van der Waals surface area contributed by atoms with Crippen LogP contribution < -0.4 is 14.5 Å². The summed E-state index contributed by atoms with van der Waals surface area (Å²) < 4.78 is 32.1. The molecule has 1 aliphatic rings. The van der Waals surface area contributed by atoms with Crippen LogP contribution in [0.1, 0.15) is 60.1 Å². The Morgan fingerprint density at radius 1 is 1.12 bits per heavy atom. The smallest absolute Gasteiger partial charge is 0.425 e. The number of ether oxygens (including phenoxy) is 3. The van der Waals surface area contributed by atoms with Gasteiger partial charge in [0.25, 0.3) is 0 Å². The lowest BCUT2D eigenvalue weighted by atomic mass is 10.1. The Balaban J connectivity index is 1.88. The van der Waals surface area contributed by atoms with E-state index in [4.69, 9.17) is 25.8 Å². The molecule has 1 aliphatic heterocycles. The Bertz CT molecular complexity index is 1470. The summed E-state index contributed by atoms with van der Waals surface area (Å²) in [6.07, 6.45) is 1.34. The summed E-state index contributed by atoms with van der Waals surface area (Å²) in [6.45, 7) is 12.5. The van der Waals surface area contributed by atoms with Gasteiger partial charge in [-0.15, -0.1) is 0 Å². The predicted molar refractivity (Wildman–Crippen MR) is 155 cm³/mol. The number of thioether (sulfide) groups is 1. The van der Waals surface area contributed by atoms with Crippen LogP contribution in [-0.4, -0.2) is 62.7 Å². The van der Waals surface area contributed by atoms with Crippen molar-refractivity contribution in [3.63, 3.8) is 0 Å². The molecule has 0 radical (unpaired) electrons. The molecule has 0 saturated heterocycles. The number of carbonyl (C=O) groups excluding carboxylic acids is 2. The van der Waals surface area contributed by atoms with Gasteiger partial charge in [0.05, 0.1) is 12.6 Å². The molecule has 0 fully saturated rings. The summed E-state index contributed by atoms with van der Waals surface area (Å²) in [4.78, 5) is 47.0. The number of hydrogen-bond donors (Lipinski definition) is 0. The third-order valence-electron chi connectivity index (χ3n) is 5.80. The molecule has 0 saturated carbocycles. The highest BCUT2D eigenvalue weighted by atomic mass is 35.5. The van der Waals surface area contributed by atoms with Gasteiger partial charge in [-0.05, 0) is 60.8 Å². The van der Waals surface area contributed by atoms with Gasteiger partial charge >= 0.3 is 12.2 Å². The second kappa shape index (κ2) is 11.4. The van der Waals surface area contributed by atoms with Crippen LogP contribution in [0.15, 0.2) is 23.5 Å². The van der Waals surface area contributed by atoms with Crippen LogP contribution >= 0.6 is 23.4 Å². The fraction of sp³-hybridized carbons (Fsp3) is 0.481. The zero-order valence-corrected chi connectivity index (χ0v) is 25.7. The van der Waals surface area contributed by atoms with Crippen LogP contribution in [0.5, 0.6) is 5.88 Å². The third-order valence-corrected chi connectivity index (χ3v) is 6.59. The predicted octanol–water partition coefficient (Wildman–Crippen LogP) is 6.57. The summed E-state index contributed by atoms with van der Waals surface area (Å²) in [5.74, 6) is -0.298. The van der Waals surface area contributed by atoms with Crippen LogP contribution in [0.3, 0.4) is 0 Å². The lowest BCUT2D eigenvalue weighted by Gasteiger charge is -2.33. The molecule has 14 heteroatoms. The minimum Gasteiger partial charge on any atom is -0.475 e. The second-order valence-corrected chi connectivity index (χ2v) is 12.3. The quantitative estimate of drug-likeness (QED) is 0.182. The highest BCUT2D eigenvalue weighted by Gasteiger charge is 2.37. The molecule has 0 bridgehead atoms. The topological polar surface area (TPSA) is 120 Å². The average molecular weight is 607 g/mol. The van der Waals surface area contributed by atoms with Gasteiger partial charge in [0.2, 0.25) is 5.88 Å². The number of carbonyl (C=O) groups is 2. The largest absolute Gasteiger partial charge is 0.475 e. The third kappa shape index (κ3) is 6.56. The molecular formula is C27H32ClFN6O5S. The van der Waals surface area contributed by atoms with Crippen molar-refractivity contribution >= 4 is 58.1 Å². The van der Waals surface area contributed by atoms with E-state index in [1.54, 1.807) is 59.9 Å². The van der Waals surface area contributed by atoms with E-state index >= 15 is 4.39 Å². The van der Waals surface area contributed by atoms with E-state index in [1.807, 2.05) is 11.8 Å². The van der Waals surface area contributed by atoms with E-state index < -0.39 is 35.2 Å². The number of rotatable bonds is 4. The van der Waals surface area contributed by atoms with Crippen LogP contribution in [-0.2, 0) is 9.47 Å². The number of pyridine rings is 2. The number of nitrogens with zero attached hydrogens (tertiary/aromatic N) is 6. The molecule has 0 N–H and O–H groups in total. The molecule has 0 aromatic carbocycles. The Morgan fingerprint density at radius 2 is 1.76 bits per heavy atom. The van der Waals surface area contributed by atoms with Crippen LogP contribution in [0.25, 0.3) is 10.9 Å². The maximum Gasteiger partial charge on any atom is 0.425 e. The minimum absolute atomic E-state index is 0.0182. The molecule has 220 valence electrons. The monoisotopic (exact) mass is 606 g/mol. The SMILES string of the molecule is CSc1nc2c3c(nc(Cl)c(F)c3n1)OCCN2[C@H](C)c1cccnc1N(C(=O)OC(C)(C)C)C(=O)OC(C)(C)C. The molecule has 3 aromatic heterocycles. The van der Waals surface area contributed by atoms with E-state index in [2.05, 4.69) is 19.9 Å². The van der Waals surface area contributed by atoms with Crippen LogP contribution in [0.4, 0.5) is 25.6 Å². The van der Waals surface area contributed by atoms with Crippen molar-refractivity contribution < 1.29 is 28.2 Å². The average Bonchev–Trinajstić information content (AvgIpc) is 3.04. The first kappa shape index (κ1) is 30.5. The van der Waals surface area contributed by atoms with Gasteiger partial charge in [-0.3, -0.25) is 0 Å². The standard InChI is InChI=1S/C27H32ClFN6O5S/c1-14(34-12-13-38-22-16-18(17(29)19(28)32-22)31-23(41-8)33-21(16)34)15-10-9-11-30-20(15)35(24(36)39-26(2,3)4)25(37)40-27(5,6)7/h9-11,14H,12-13H2,1-8H3/t14-/m1/s1. The molecular weight excluding hydrogens is 575 g/mol. The van der Waals surface area contributed by atoms with Crippen LogP contribution in [0.2, 0.25) is 5.15 Å². The van der Waals surface area contributed by atoms with Crippen molar-refractivity contribution in [2.75, 3.05) is 29.2 Å². The van der Waals surface area contributed by atoms with Gasteiger partial charge in [0.15, 0.2) is 21.9 Å². The van der Waals surface area contributed by atoms with Crippen LogP contribution in [0, 0.1) is 5.82 Å². The Labute approximate surface area is 246 Å². The van der Waals surface area contributed by atoms with E-state index in [0.29, 0.717) is 23.1 Å². The molecule has 2 amide bonds. The zero-order valence-electron chi connectivity index (χ0n) is 24.1. The van der Waals surface area contributed by atoms with E-state index in [9.17, 15) is 9.59 Å². The first-order valence-corrected chi connectivity index (χ1v) is 14.4. The Morgan fingerprint density at radius 3 is 2.34 bits per heavy atom. The fourth-order valence-electron chi connectivity index (χ4n) is 4.16. The Hall–Kier alpha value is -3.45. The first-order valence-electron chi connectivity index (χ1n) is 12.8. The molecule has 11 nitrogen and oxygen atoms in total. The minimum atomic E-state index is -0.946. The van der Waals surface area contributed by atoms with Crippen molar-refractivity contribution in [1.29, 1.82) is 0 Å². The highest BCUT2D eigenvalue weighted by molar-refractivity contribution is 7.98. The maximum atomic E-state index is 15.1. The summed E-state index contributed by atoms with van der Waals surface area (Å²) >= 11 is 7.29. The van der Waals surface area contributed by atoms with Gasteiger partial charge in [-0.2, -0.15) is 9.88 Å². The first-order chi connectivity index (χ1) is 19.1. The maximum absolute atomic E-state index is 15.1. The van der Waals surface area contributed by atoms with Gasteiger partial charge in [-0.1, -0.05) is 29.4 Å². The van der Waals surface area contributed by atoms with E-state index in [1.165, 1.54) is 18.0 Å². The lowest BCUT2D eigenvalue weighted by molar-refractivity contribution is 0.0428. The van der Waals surface area contributed by atoms with Crippen molar-refractivity contribution in [3.8, 4) is 5.88 Å². The molecule has 0 spiro atoms. The molecule has 3 aromatic rings. The number of amides is 2. The number of hydrogen-bond acceptors (Lipinski definition) is 11. The van der Waals surface area contributed by atoms with Gasteiger partial charge in [0, 0.05) is 11.8 Å². The molecule has 41 heavy (non-hydrogen) atoms. The lowest BCUT2D eigenvalue weighted by Crippen LogP contribution is -2.45. The van der Waals surface area contributed by atoms with E-state index in [0.717, 1.165) is 4.90 Å². The number of halogens is 2. The summed E-state index contributed by atoms with van der Waals surface area (Å²) in [6, 6.07) is 2.85. The second-order valence-electron chi connectivity index (χ2n) is 11.2. The van der Waals surface area contributed by atoms with Crippen molar-refractivity contribution in [2.24, 2.45) is 0 Å². The molecule has 4 rings (SSSR count). The van der Waals surface area contributed by atoms with Crippen molar-refractivity contribution in [3.05, 3.63) is 34.9 Å². The summed E-state index contributed by atoms with van der Waals surface area (Å²) in [7, 11) is 0. The molecule has 4 heterocycles. The highest BCUT2D eigenvalue weighted by Crippen LogP contribution is 2.41. The molecule has 0 unspecified atom stereocenters. The van der Waals surface area contributed by atoms with Gasteiger partial charge in [-0.25, -0.2) is 28.9 Å². The number of anilines is 2. The molecule has 0 aliphatic carbocycles. The van der Waals surface area contributed by atoms with Gasteiger partial charge in [0.1, 0.15) is 34.5 Å². The molecule has 1 atom stereocenters. The van der Waals surface area contributed by atoms with E-state index in [-0.39, 0.29) is 34.4 Å². The fourth-order valence-corrected chi connectivity index (χ4v) is 4.68. The normalized spacial score (nSPS) is 14.2. The summed E-state index contributed by atoms with van der Waals surface area (Å²) in [5.41, 5.74) is -1.34. The number of aromatic nitrogens is 4. The zero-order chi connectivity index (χ0) is 30.3. The van der Waals surface area contributed by atoms with Crippen molar-refractivity contribution in [2.45, 2.75) is 70.9 Å². The summed E-state index contributed by atoms with van der Waals surface area (Å²) in [5, 5.41) is 0.218.